The van der Waals surface area contributed by atoms with Gasteiger partial charge in [0.2, 0.25) is 0 Å². The first-order valence-electron chi connectivity index (χ1n) is 8.79. The van der Waals surface area contributed by atoms with Gasteiger partial charge in [-0.05, 0) is 37.6 Å². The number of aliphatic hydroxyl groups is 1. The highest BCUT2D eigenvalue weighted by Crippen LogP contribution is 2.22. The first kappa shape index (κ1) is 19.2. The van der Waals surface area contributed by atoms with Crippen molar-refractivity contribution in [1.29, 1.82) is 0 Å². The second kappa shape index (κ2) is 8.44. The normalized spacial score (nSPS) is 11.8. The van der Waals surface area contributed by atoms with Gasteiger partial charge in [0.25, 0.3) is 11.9 Å². The number of carbonyl (C=O) groups is 2. The average Bonchev–Trinajstić information content (AvgIpc) is 3.09. The standard InChI is InChI=1S/C18H21N7O3/c1-3-20-18(28)23-17-22-15-8-13(12-5-4-6-19-9-12)7-14(25(15)24-17)16(27)21-11(2)10-26/h4-9,11,26H,3,10H2,1-2H3,(H,21,27)(H2,20,23,24,28). The zero-order chi connectivity index (χ0) is 20.1. The topological polar surface area (TPSA) is 134 Å². The van der Waals surface area contributed by atoms with Crippen molar-refractivity contribution in [1.82, 2.24) is 30.2 Å². The molecule has 4 N–H and O–H groups in total. The molecule has 146 valence electrons. The molecule has 10 nitrogen and oxygen atoms in total. The van der Waals surface area contributed by atoms with E-state index < -0.39 is 18.0 Å². The fourth-order valence-electron chi connectivity index (χ4n) is 2.55. The van der Waals surface area contributed by atoms with E-state index in [1.165, 1.54) is 4.52 Å². The van der Waals surface area contributed by atoms with Gasteiger partial charge in [-0.15, -0.1) is 5.10 Å². The highest BCUT2D eigenvalue weighted by Gasteiger charge is 2.18. The van der Waals surface area contributed by atoms with Crippen molar-refractivity contribution in [3.05, 3.63) is 42.4 Å². The molecule has 28 heavy (non-hydrogen) atoms. The van der Waals surface area contributed by atoms with Crippen LogP contribution in [0.2, 0.25) is 0 Å². The minimum atomic E-state index is -0.439. The van der Waals surface area contributed by atoms with Crippen LogP contribution in [-0.2, 0) is 0 Å². The monoisotopic (exact) mass is 383 g/mol. The number of hydrogen-bond donors (Lipinski definition) is 4. The van der Waals surface area contributed by atoms with Crippen molar-refractivity contribution in [3.8, 4) is 11.1 Å². The number of pyridine rings is 2. The molecule has 0 saturated carbocycles. The number of nitrogens with zero attached hydrogens (tertiary/aromatic N) is 4. The average molecular weight is 383 g/mol. The summed E-state index contributed by atoms with van der Waals surface area (Å²) in [6, 6.07) is 6.19. The minimum Gasteiger partial charge on any atom is -0.394 e. The molecule has 0 spiro atoms. The summed E-state index contributed by atoms with van der Waals surface area (Å²) >= 11 is 0. The Kier molecular flexibility index (Phi) is 5.80. The fraction of sp³-hybridized carbons (Fsp3) is 0.278. The Bertz CT molecular complexity index is 988. The summed E-state index contributed by atoms with van der Waals surface area (Å²) in [7, 11) is 0. The van der Waals surface area contributed by atoms with Crippen LogP contribution in [0.25, 0.3) is 16.8 Å². The summed E-state index contributed by atoms with van der Waals surface area (Å²) in [6.07, 6.45) is 3.33. The smallest absolute Gasteiger partial charge is 0.321 e. The van der Waals surface area contributed by atoms with Gasteiger partial charge >= 0.3 is 6.03 Å². The lowest BCUT2D eigenvalue weighted by Crippen LogP contribution is -2.36. The van der Waals surface area contributed by atoms with Crippen LogP contribution in [0.3, 0.4) is 0 Å². The molecule has 1 unspecified atom stereocenters. The van der Waals surface area contributed by atoms with Crippen LogP contribution in [0.15, 0.2) is 36.7 Å². The number of urea groups is 1. The Balaban J connectivity index is 2.07. The van der Waals surface area contributed by atoms with Crippen LogP contribution in [-0.4, -0.2) is 55.8 Å². The van der Waals surface area contributed by atoms with E-state index in [2.05, 4.69) is 31.0 Å². The third-order valence-corrected chi connectivity index (χ3v) is 3.88. The van der Waals surface area contributed by atoms with Crippen LogP contribution in [0.1, 0.15) is 24.3 Å². The fourth-order valence-corrected chi connectivity index (χ4v) is 2.55. The van der Waals surface area contributed by atoms with Gasteiger partial charge in [-0.1, -0.05) is 6.07 Å². The number of anilines is 1. The molecular formula is C18H21N7O3. The summed E-state index contributed by atoms with van der Waals surface area (Å²) in [5.74, 6) is -0.356. The van der Waals surface area contributed by atoms with Crippen LogP contribution in [0.4, 0.5) is 10.7 Å². The van der Waals surface area contributed by atoms with Crippen molar-refractivity contribution in [2.24, 2.45) is 0 Å². The number of hydrogen-bond acceptors (Lipinski definition) is 6. The van der Waals surface area contributed by atoms with E-state index in [1.54, 1.807) is 44.4 Å². The van der Waals surface area contributed by atoms with Crippen LogP contribution >= 0.6 is 0 Å². The van der Waals surface area contributed by atoms with E-state index >= 15 is 0 Å². The molecule has 0 radical (unpaired) electrons. The quantitative estimate of drug-likeness (QED) is 0.503. The van der Waals surface area contributed by atoms with Gasteiger partial charge in [0.05, 0.1) is 6.61 Å². The third kappa shape index (κ3) is 4.23. The molecule has 0 bridgehead atoms. The zero-order valence-corrected chi connectivity index (χ0v) is 15.5. The number of nitrogens with one attached hydrogen (secondary N) is 3. The lowest BCUT2D eigenvalue weighted by atomic mass is 10.1. The number of aliphatic hydroxyl groups excluding tert-OH is 1. The highest BCUT2D eigenvalue weighted by molar-refractivity contribution is 5.95. The summed E-state index contributed by atoms with van der Waals surface area (Å²) in [6.45, 7) is 3.74. The van der Waals surface area contributed by atoms with E-state index in [-0.39, 0.29) is 18.2 Å². The minimum absolute atomic E-state index is 0.0681. The number of carbonyl (C=O) groups excluding carboxylic acids is 2. The summed E-state index contributed by atoms with van der Waals surface area (Å²) in [4.78, 5) is 32.9. The van der Waals surface area contributed by atoms with E-state index in [4.69, 9.17) is 0 Å². The molecular weight excluding hydrogens is 362 g/mol. The molecule has 0 aliphatic carbocycles. The lowest BCUT2D eigenvalue weighted by molar-refractivity contribution is 0.0915. The number of rotatable bonds is 6. The van der Waals surface area contributed by atoms with Gasteiger partial charge in [0.1, 0.15) is 5.69 Å². The Morgan fingerprint density at radius 3 is 2.79 bits per heavy atom. The number of amides is 3. The van der Waals surface area contributed by atoms with Crippen molar-refractivity contribution in [3.63, 3.8) is 0 Å². The molecule has 3 heterocycles. The maximum absolute atomic E-state index is 12.7. The van der Waals surface area contributed by atoms with Gasteiger partial charge in [0.15, 0.2) is 5.65 Å². The van der Waals surface area contributed by atoms with Crippen molar-refractivity contribution >= 4 is 23.5 Å². The lowest BCUT2D eigenvalue weighted by Gasteiger charge is -2.12. The Morgan fingerprint density at radius 1 is 1.29 bits per heavy atom. The largest absolute Gasteiger partial charge is 0.394 e. The van der Waals surface area contributed by atoms with E-state index in [1.807, 2.05) is 6.07 Å². The van der Waals surface area contributed by atoms with Crippen LogP contribution in [0, 0.1) is 0 Å². The second-order valence-corrected chi connectivity index (χ2v) is 6.12. The summed E-state index contributed by atoms with van der Waals surface area (Å²) in [5, 5.41) is 21.3. The van der Waals surface area contributed by atoms with Gasteiger partial charge in [0, 0.05) is 30.5 Å². The molecule has 10 heteroatoms. The van der Waals surface area contributed by atoms with Gasteiger partial charge in [-0.25, -0.2) is 9.31 Å². The number of fused-ring (bicyclic) bond motifs is 1. The molecule has 0 saturated heterocycles. The molecule has 3 amide bonds. The Hall–Kier alpha value is -3.53. The van der Waals surface area contributed by atoms with E-state index in [0.29, 0.717) is 12.2 Å². The van der Waals surface area contributed by atoms with Crippen LogP contribution in [0.5, 0.6) is 0 Å². The summed E-state index contributed by atoms with van der Waals surface area (Å²) in [5.41, 5.74) is 2.12. The SMILES string of the molecule is CCNC(=O)Nc1nc2cc(-c3cccnc3)cc(C(=O)NC(C)CO)n2n1. The van der Waals surface area contributed by atoms with Crippen molar-refractivity contribution < 1.29 is 14.7 Å². The Morgan fingerprint density at radius 2 is 2.11 bits per heavy atom. The third-order valence-electron chi connectivity index (χ3n) is 3.88. The van der Waals surface area contributed by atoms with Crippen molar-refractivity contribution in [2.45, 2.75) is 19.9 Å². The van der Waals surface area contributed by atoms with Crippen molar-refractivity contribution in [2.75, 3.05) is 18.5 Å². The van der Waals surface area contributed by atoms with E-state index in [0.717, 1.165) is 11.1 Å². The van der Waals surface area contributed by atoms with Gasteiger partial charge in [-0.3, -0.25) is 15.1 Å². The predicted molar refractivity (Wildman–Crippen MR) is 103 cm³/mol. The molecule has 0 aromatic carbocycles. The first-order valence-corrected chi connectivity index (χ1v) is 8.79. The highest BCUT2D eigenvalue weighted by atomic mass is 16.3. The molecule has 0 aliphatic heterocycles. The molecule has 3 aromatic heterocycles. The maximum atomic E-state index is 12.7. The van der Waals surface area contributed by atoms with E-state index in [9.17, 15) is 14.7 Å². The van der Waals surface area contributed by atoms with Gasteiger partial charge in [-0.2, -0.15) is 4.98 Å². The predicted octanol–water partition coefficient (Wildman–Crippen LogP) is 1.04. The Labute approximate surface area is 161 Å². The molecule has 0 aliphatic rings. The molecule has 3 rings (SSSR count). The maximum Gasteiger partial charge on any atom is 0.321 e. The molecule has 0 fully saturated rings. The second-order valence-electron chi connectivity index (χ2n) is 6.12. The zero-order valence-electron chi connectivity index (χ0n) is 15.5. The molecule has 1 atom stereocenters. The summed E-state index contributed by atoms with van der Waals surface area (Å²) < 4.78 is 1.35. The first-order chi connectivity index (χ1) is 13.5. The number of aromatic nitrogens is 4. The van der Waals surface area contributed by atoms with Gasteiger partial charge < -0.3 is 15.7 Å². The molecule has 3 aromatic rings. The van der Waals surface area contributed by atoms with Crippen LogP contribution < -0.4 is 16.0 Å².